The van der Waals surface area contributed by atoms with Gasteiger partial charge in [0.2, 0.25) is 0 Å². The SMILES string of the molecule is Cn1cc(NC(=O)c2csc(-c3cccc(F)c3F)n2)cn1.NC1CCCOCC1. The number of hydrogen-bond acceptors (Lipinski definition) is 6. The van der Waals surface area contributed by atoms with Gasteiger partial charge in [0.1, 0.15) is 10.7 Å². The van der Waals surface area contributed by atoms with Gasteiger partial charge in [-0.15, -0.1) is 11.3 Å². The van der Waals surface area contributed by atoms with Crippen LogP contribution >= 0.6 is 11.3 Å². The molecule has 2 aromatic heterocycles. The van der Waals surface area contributed by atoms with Gasteiger partial charge in [0.25, 0.3) is 5.91 Å². The molecule has 30 heavy (non-hydrogen) atoms. The van der Waals surface area contributed by atoms with Crippen LogP contribution in [-0.2, 0) is 11.8 Å². The predicted octanol–water partition coefficient (Wildman–Crippen LogP) is 3.59. The maximum absolute atomic E-state index is 13.7. The Morgan fingerprint density at radius 1 is 1.33 bits per heavy atom. The second-order valence-corrected chi connectivity index (χ2v) is 7.66. The third kappa shape index (κ3) is 5.91. The highest BCUT2D eigenvalue weighted by Crippen LogP contribution is 2.27. The second kappa shape index (κ2) is 10.4. The van der Waals surface area contributed by atoms with E-state index in [4.69, 9.17) is 10.5 Å². The number of nitrogens with one attached hydrogen (secondary N) is 1. The highest BCUT2D eigenvalue weighted by Gasteiger charge is 2.16. The summed E-state index contributed by atoms with van der Waals surface area (Å²) in [7, 11) is 1.73. The molecule has 1 fully saturated rings. The zero-order valence-electron chi connectivity index (χ0n) is 16.5. The van der Waals surface area contributed by atoms with Crippen molar-refractivity contribution < 1.29 is 18.3 Å². The van der Waals surface area contributed by atoms with Gasteiger partial charge in [-0.1, -0.05) is 6.07 Å². The Hall–Kier alpha value is -2.69. The van der Waals surface area contributed by atoms with Gasteiger partial charge in [0, 0.05) is 43.4 Å². The molecule has 0 saturated carbocycles. The van der Waals surface area contributed by atoms with E-state index in [-0.39, 0.29) is 16.3 Å². The molecule has 1 aliphatic rings. The van der Waals surface area contributed by atoms with E-state index in [9.17, 15) is 13.6 Å². The average Bonchev–Trinajstić information content (AvgIpc) is 3.30. The zero-order valence-corrected chi connectivity index (χ0v) is 17.3. The first-order valence-electron chi connectivity index (χ1n) is 9.47. The molecular weight excluding hydrogens is 412 g/mol. The number of nitrogens with two attached hydrogens (primary N) is 1. The molecule has 4 rings (SSSR count). The molecule has 0 spiro atoms. The van der Waals surface area contributed by atoms with Crippen LogP contribution in [0.5, 0.6) is 0 Å². The summed E-state index contributed by atoms with van der Waals surface area (Å²) in [4.78, 5) is 16.1. The Morgan fingerprint density at radius 2 is 2.17 bits per heavy atom. The van der Waals surface area contributed by atoms with Crippen molar-refractivity contribution in [3.63, 3.8) is 0 Å². The summed E-state index contributed by atoms with van der Waals surface area (Å²) in [5.74, 6) is -2.36. The van der Waals surface area contributed by atoms with Gasteiger partial charge in [0.05, 0.1) is 11.9 Å². The van der Waals surface area contributed by atoms with Gasteiger partial charge in [-0.25, -0.2) is 13.8 Å². The van der Waals surface area contributed by atoms with E-state index in [1.807, 2.05) is 0 Å². The van der Waals surface area contributed by atoms with Gasteiger partial charge in [0.15, 0.2) is 11.6 Å². The summed E-state index contributed by atoms with van der Waals surface area (Å²) in [5, 5.41) is 8.29. The molecule has 3 heterocycles. The molecule has 7 nitrogen and oxygen atoms in total. The molecule has 1 unspecified atom stereocenters. The minimum Gasteiger partial charge on any atom is -0.381 e. The number of anilines is 1. The Labute approximate surface area is 176 Å². The van der Waals surface area contributed by atoms with Crippen molar-refractivity contribution in [1.29, 1.82) is 0 Å². The van der Waals surface area contributed by atoms with Crippen LogP contribution < -0.4 is 11.1 Å². The molecule has 1 saturated heterocycles. The number of rotatable bonds is 3. The topological polar surface area (TPSA) is 95.1 Å². The van der Waals surface area contributed by atoms with Crippen molar-refractivity contribution in [3.05, 3.63) is 53.3 Å². The van der Waals surface area contributed by atoms with Crippen molar-refractivity contribution in [3.8, 4) is 10.6 Å². The summed E-state index contributed by atoms with van der Waals surface area (Å²) in [5.41, 5.74) is 6.35. The lowest BCUT2D eigenvalue weighted by molar-refractivity contribution is 0.102. The fourth-order valence-corrected chi connectivity index (χ4v) is 3.60. The van der Waals surface area contributed by atoms with Crippen LogP contribution in [-0.4, -0.2) is 39.9 Å². The maximum atomic E-state index is 13.7. The summed E-state index contributed by atoms with van der Waals surface area (Å²) in [6.07, 6.45) is 6.45. The molecule has 10 heteroatoms. The smallest absolute Gasteiger partial charge is 0.275 e. The van der Waals surface area contributed by atoms with Crippen LogP contribution in [0.2, 0.25) is 0 Å². The Balaban J connectivity index is 0.000000269. The number of aryl methyl sites for hydroxylation is 1. The molecule has 1 aromatic carbocycles. The van der Waals surface area contributed by atoms with Gasteiger partial charge in [-0.3, -0.25) is 9.48 Å². The van der Waals surface area contributed by atoms with E-state index in [2.05, 4.69) is 15.4 Å². The van der Waals surface area contributed by atoms with Crippen LogP contribution in [0, 0.1) is 11.6 Å². The first-order chi connectivity index (χ1) is 14.4. The number of amides is 1. The monoisotopic (exact) mass is 435 g/mol. The first kappa shape index (κ1) is 22.0. The Kier molecular flexibility index (Phi) is 7.61. The van der Waals surface area contributed by atoms with E-state index in [1.165, 1.54) is 23.7 Å². The summed E-state index contributed by atoms with van der Waals surface area (Å²) in [6, 6.07) is 4.24. The van der Waals surface area contributed by atoms with Crippen molar-refractivity contribution in [1.82, 2.24) is 14.8 Å². The number of ether oxygens (including phenoxy) is 1. The largest absolute Gasteiger partial charge is 0.381 e. The molecular formula is C20H23F2N5O2S. The molecule has 3 aromatic rings. The van der Waals surface area contributed by atoms with Crippen molar-refractivity contribution in [2.24, 2.45) is 12.8 Å². The minimum absolute atomic E-state index is 0.0328. The van der Waals surface area contributed by atoms with Gasteiger partial charge in [-0.2, -0.15) is 5.10 Å². The average molecular weight is 436 g/mol. The van der Waals surface area contributed by atoms with Crippen LogP contribution in [0.25, 0.3) is 10.6 Å². The van der Waals surface area contributed by atoms with E-state index in [0.29, 0.717) is 11.7 Å². The van der Waals surface area contributed by atoms with E-state index >= 15 is 0 Å². The Morgan fingerprint density at radius 3 is 2.93 bits per heavy atom. The standard InChI is InChI=1S/C14H10F2N4OS.C6H13NO/c1-20-6-8(5-17-20)18-13(21)11-7-22-14(19-11)9-3-2-4-10(15)12(9)16;7-6-2-1-4-8-5-3-6/h2-7H,1H3,(H,18,21);6H,1-5,7H2. The lowest BCUT2D eigenvalue weighted by atomic mass is 10.1. The summed E-state index contributed by atoms with van der Waals surface area (Å²) < 4.78 is 33.7. The third-order valence-corrected chi connectivity index (χ3v) is 5.25. The predicted molar refractivity (Wildman–Crippen MR) is 111 cm³/mol. The number of thiazole rings is 1. The number of aromatic nitrogens is 3. The van der Waals surface area contributed by atoms with Gasteiger partial charge in [-0.05, 0) is 31.4 Å². The molecule has 1 amide bonds. The fraction of sp³-hybridized carbons (Fsp3) is 0.350. The number of nitrogens with zero attached hydrogens (tertiary/aromatic N) is 3. The number of carbonyl (C=O) groups is 1. The van der Waals surface area contributed by atoms with Crippen molar-refractivity contribution >= 4 is 22.9 Å². The molecule has 0 radical (unpaired) electrons. The highest BCUT2D eigenvalue weighted by atomic mass is 32.1. The van der Waals surface area contributed by atoms with Crippen molar-refractivity contribution in [2.75, 3.05) is 18.5 Å². The highest BCUT2D eigenvalue weighted by molar-refractivity contribution is 7.13. The first-order valence-corrected chi connectivity index (χ1v) is 10.3. The van der Waals surface area contributed by atoms with Gasteiger partial charge >= 0.3 is 0 Å². The third-order valence-electron chi connectivity index (χ3n) is 4.38. The summed E-state index contributed by atoms with van der Waals surface area (Å²) >= 11 is 1.07. The molecule has 1 aliphatic heterocycles. The van der Waals surface area contributed by atoms with E-state index in [0.717, 1.165) is 49.9 Å². The number of halogens is 2. The van der Waals surface area contributed by atoms with Crippen LogP contribution in [0.3, 0.4) is 0 Å². The lowest BCUT2D eigenvalue weighted by Crippen LogP contribution is -2.19. The molecule has 0 aliphatic carbocycles. The van der Waals surface area contributed by atoms with Crippen LogP contribution in [0.15, 0.2) is 36.0 Å². The summed E-state index contributed by atoms with van der Waals surface area (Å²) in [6.45, 7) is 1.77. The van der Waals surface area contributed by atoms with Gasteiger partial charge < -0.3 is 15.8 Å². The van der Waals surface area contributed by atoms with Crippen LogP contribution in [0.1, 0.15) is 29.8 Å². The van der Waals surface area contributed by atoms with Crippen molar-refractivity contribution in [2.45, 2.75) is 25.3 Å². The fourth-order valence-electron chi connectivity index (χ4n) is 2.78. The zero-order chi connectivity index (χ0) is 21.5. The lowest BCUT2D eigenvalue weighted by Gasteiger charge is -2.02. The number of carbonyl (C=O) groups excluding carboxylic acids is 1. The number of benzene rings is 1. The molecule has 160 valence electrons. The second-order valence-electron chi connectivity index (χ2n) is 6.80. The Bertz CT molecular complexity index is 983. The molecule has 1 atom stereocenters. The molecule has 3 N–H and O–H groups in total. The van der Waals surface area contributed by atoms with E-state index < -0.39 is 17.5 Å². The minimum atomic E-state index is -0.976. The quantitative estimate of drug-likeness (QED) is 0.656. The normalized spacial score (nSPS) is 16.3. The maximum Gasteiger partial charge on any atom is 0.275 e. The van der Waals surface area contributed by atoms with E-state index in [1.54, 1.807) is 17.9 Å². The van der Waals surface area contributed by atoms with Crippen LogP contribution in [0.4, 0.5) is 14.5 Å². The number of hydrogen-bond donors (Lipinski definition) is 2. The molecule has 0 bridgehead atoms.